The zero-order valence-electron chi connectivity index (χ0n) is 9.86. The minimum atomic E-state index is -0.568. The van der Waals surface area contributed by atoms with Crippen LogP contribution in [0.3, 0.4) is 0 Å². The third-order valence-corrected chi connectivity index (χ3v) is 4.06. The first-order chi connectivity index (χ1) is 9.08. The molecule has 0 spiro atoms. The molecule has 0 aliphatic rings. The molecule has 3 nitrogen and oxygen atoms in total. The largest absolute Gasteiger partial charge is 0.462 e. The molecule has 19 heavy (non-hydrogen) atoms. The number of nitrogens with two attached hydrogens (primary N) is 1. The lowest BCUT2D eigenvalue weighted by Gasteiger charge is -2.07. The van der Waals surface area contributed by atoms with Crippen molar-refractivity contribution >= 4 is 38.9 Å². The Morgan fingerprint density at radius 3 is 2.95 bits per heavy atom. The molecule has 0 saturated heterocycles. The lowest BCUT2D eigenvalue weighted by Crippen LogP contribution is -2.09. The van der Waals surface area contributed by atoms with Gasteiger partial charge in [-0.25, -0.2) is 9.18 Å². The maximum atomic E-state index is 13.2. The van der Waals surface area contributed by atoms with Crippen LogP contribution in [-0.4, -0.2) is 12.6 Å². The second kappa shape index (κ2) is 6.16. The summed E-state index contributed by atoms with van der Waals surface area (Å²) in [4.78, 5) is 13.0. The fourth-order valence-corrected chi connectivity index (χ4v) is 2.67. The Bertz CT molecular complexity index is 587. The molecule has 2 aromatic rings. The zero-order chi connectivity index (χ0) is 13.8. The van der Waals surface area contributed by atoms with E-state index in [-0.39, 0.29) is 17.9 Å². The number of carbonyl (C=O) groups is 1. The summed E-state index contributed by atoms with van der Waals surface area (Å²) in [6, 6.07) is 6.35. The van der Waals surface area contributed by atoms with E-state index in [0.29, 0.717) is 10.9 Å². The fourth-order valence-electron chi connectivity index (χ4n) is 1.50. The standard InChI is InChI=1S/C13H11BrFNO2S/c14-10-7-11(15)12(16)6-9(10)13(17)18-4-3-8-2-1-5-19-8/h1-2,5-7H,3-4,16H2. The number of benzene rings is 1. The predicted molar refractivity (Wildman–Crippen MR) is 76.8 cm³/mol. The molecule has 0 radical (unpaired) electrons. The van der Waals surface area contributed by atoms with Crippen molar-refractivity contribution in [3.8, 4) is 0 Å². The highest BCUT2D eigenvalue weighted by atomic mass is 79.9. The van der Waals surface area contributed by atoms with Crippen molar-refractivity contribution in [3.05, 3.63) is 50.4 Å². The number of carbonyl (C=O) groups excluding carboxylic acids is 1. The summed E-state index contributed by atoms with van der Waals surface area (Å²) >= 11 is 4.73. The van der Waals surface area contributed by atoms with Crippen molar-refractivity contribution in [2.75, 3.05) is 12.3 Å². The van der Waals surface area contributed by atoms with Gasteiger partial charge in [-0.1, -0.05) is 6.07 Å². The van der Waals surface area contributed by atoms with Crippen molar-refractivity contribution in [2.45, 2.75) is 6.42 Å². The molecule has 0 amide bonds. The van der Waals surface area contributed by atoms with E-state index >= 15 is 0 Å². The molecule has 1 aromatic carbocycles. The van der Waals surface area contributed by atoms with Gasteiger partial charge in [0.15, 0.2) is 0 Å². The van der Waals surface area contributed by atoms with E-state index in [9.17, 15) is 9.18 Å². The SMILES string of the molecule is Nc1cc(C(=O)OCCc2cccs2)c(Br)cc1F. The number of hydrogen-bond acceptors (Lipinski definition) is 4. The number of rotatable bonds is 4. The van der Waals surface area contributed by atoms with Crippen LogP contribution in [-0.2, 0) is 11.2 Å². The third kappa shape index (κ3) is 3.54. The number of nitrogen functional groups attached to an aromatic ring is 1. The van der Waals surface area contributed by atoms with Crippen LogP contribution in [0.2, 0.25) is 0 Å². The highest BCUT2D eigenvalue weighted by Gasteiger charge is 2.14. The molecule has 0 saturated carbocycles. The number of thiophene rings is 1. The normalized spacial score (nSPS) is 10.4. The Balaban J connectivity index is 1.98. The summed E-state index contributed by atoms with van der Waals surface area (Å²) in [5.74, 6) is -1.09. The molecule has 0 fully saturated rings. The molecule has 6 heteroatoms. The van der Waals surface area contributed by atoms with Gasteiger partial charge in [0, 0.05) is 15.8 Å². The third-order valence-electron chi connectivity index (χ3n) is 2.47. The summed E-state index contributed by atoms with van der Waals surface area (Å²) in [6.07, 6.45) is 0.664. The molecule has 0 bridgehead atoms. The van der Waals surface area contributed by atoms with Gasteiger partial charge in [-0.05, 0) is 39.5 Å². The molecule has 0 aliphatic heterocycles. The van der Waals surface area contributed by atoms with Crippen LogP contribution in [0.5, 0.6) is 0 Å². The maximum Gasteiger partial charge on any atom is 0.339 e. The van der Waals surface area contributed by atoms with Gasteiger partial charge in [0.25, 0.3) is 0 Å². The molecule has 0 atom stereocenters. The molecule has 1 heterocycles. The van der Waals surface area contributed by atoms with Crippen LogP contribution in [0.15, 0.2) is 34.1 Å². The predicted octanol–water partition coefficient (Wildman–Crippen LogP) is 3.63. The van der Waals surface area contributed by atoms with E-state index in [1.54, 1.807) is 11.3 Å². The first kappa shape index (κ1) is 14.0. The molecule has 2 N–H and O–H groups in total. The van der Waals surface area contributed by atoms with Gasteiger partial charge in [-0.15, -0.1) is 11.3 Å². The molecule has 1 aromatic heterocycles. The first-order valence-electron chi connectivity index (χ1n) is 5.52. The number of halogens is 2. The Labute approximate surface area is 122 Å². The Hall–Kier alpha value is -1.40. The Kier molecular flexibility index (Phi) is 4.55. The molecule has 2 rings (SSSR count). The van der Waals surface area contributed by atoms with E-state index in [2.05, 4.69) is 15.9 Å². The summed E-state index contributed by atoms with van der Waals surface area (Å²) in [5, 5.41) is 1.97. The van der Waals surface area contributed by atoms with E-state index in [1.807, 2.05) is 17.5 Å². The number of ether oxygens (including phenoxy) is 1. The lowest BCUT2D eigenvalue weighted by atomic mass is 10.2. The zero-order valence-corrected chi connectivity index (χ0v) is 12.3. The van der Waals surface area contributed by atoms with Crippen LogP contribution in [0.4, 0.5) is 10.1 Å². The van der Waals surface area contributed by atoms with Crippen molar-refractivity contribution in [1.82, 2.24) is 0 Å². The molecule has 0 unspecified atom stereocenters. The van der Waals surface area contributed by atoms with Gasteiger partial charge in [0.1, 0.15) is 5.82 Å². The summed E-state index contributed by atoms with van der Waals surface area (Å²) in [6.45, 7) is 0.281. The quantitative estimate of drug-likeness (QED) is 0.681. The Morgan fingerprint density at radius 2 is 2.26 bits per heavy atom. The average molecular weight is 344 g/mol. The van der Waals surface area contributed by atoms with E-state index < -0.39 is 11.8 Å². The van der Waals surface area contributed by atoms with Gasteiger partial charge in [-0.3, -0.25) is 0 Å². The smallest absolute Gasteiger partial charge is 0.339 e. The second-order valence-electron chi connectivity index (χ2n) is 3.82. The Morgan fingerprint density at radius 1 is 1.47 bits per heavy atom. The van der Waals surface area contributed by atoms with Gasteiger partial charge >= 0.3 is 5.97 Å². The van der Waals surface area contributed by atoms with Crippen molar-refractivity contribution < 1.29 is 13.9 Å². The van der Waals surface area contributed by atoms with Gasteiger partial charge in [-0.2, -0.15) is 0 Å². The summed E-state index contributed by atoms with van der Waals surface area (Å²) in [7, 11) is 0. The van der Waals surface area contributed by atoms with E-state index in [1.165, 1.54) is 6.07 Å². The second-order valence-corrected chi connectivity index (χ2v) is 5.71. The monoisotopic (exact) mass is 343 g/mol. The van der Waals surface area contributed by atoms with Crippen LogP contribution < -0.4 is 5.73 Å². The van der Waals surface area contributed by atoms with Crippen LogP contribution in [0.25, 0.3) is 0 Å². The highest BCUT2D eigenvalue weighted by Crippen LogP contribution is 2.23. The van der Waals surface area contributed by atoms with Gasteiger partial charge < -0.3 is 10.5 Å². The molecule has 100 valence electrons. The maximum absolute atomic E-state index is 13.2. The van der Waals surface area contributed by atoms with Gasteiger partial charge in [0.2, 0.25) is 0 Å². The lowest BCUT2D eigenvalue weighted by molar-refractivity contribution is 0.0509. The first-order valence-corrected chi connectivity index (χ1v) is 7.19. The van der Waals surface area contributed by atoms with Crippen molar-refractivity contribution in [1.29, 1.82) is 0 Å². The minimum Gasteiger partial charge on any atom is -0.462 e. The molecular formula is C13H11BrFNO2S. The minimum absolute atomic E-state index is 0.0755. The molecule has 0 aliphatic carbocycles. The number of esters is 1. The van der Waals surface area contributed by atoms with E-state index in [4.69, 9.17) is 10.5 Å². The van der Waals surface area contributed by atoms with Crippen LogP contribution in [0, 0.1) is 5.82 Å². The van der Waals surface area contributed by atoms with Gasteiger partial charge in [0.05, 0.1) is 17.9 Å². The summed E-state index contributed by atoms with van der Waals surface area (Å²) in [5.41, 5.74) is 5.58. The summed E-state index contributed by atoms with van der Waals surface area (Å²) < 4.78 is 18.6. The van der Waals surface area contributed by atoms with Crippen molar-refractivity contribution in [2.24, 2.45) is 0 Å². The van der Waals surface area contributed by atoms with Crippen LogP contribution in [0.1, 0.15) is 15.2 Å². The van der Waals surface area contributed by atoms with Crippen LogP contribution >= 0.6 is 27.3 Å². The fraction of sp³-hybridized carbons (Fsp3) is 0.154. The number of anilines is 1. The average Bonchev–Trinajstić information content (AvgIpc) is 2.86. The van der Waals surface area contributed by atoms with Crippen molar-refractivity contribution in [3.63, 3.8) is 0 Å². The number of hydrogen-bond donors (Lipinski definition) is 1. The topological polar surface area (TPSA) is 52.3 Å². The molecular weight excluding hydrogens is 333 g/mol. The van der Waals surface area contributed by atoms with E-state index in [0.717, 1.165) is 10.9 Å². The highest BCUT2D eigenvalue weighted by molar-refractivity contribution is 9.10.